The summed E-state index contributed by atoms with van der Waals surface area (Å²) in [5, 5.41) is 7.27. The highest BCUT2D eigenvalue weighted by Crippen LogP contribution is 2.29. The normalized spacial score (nSPS) is 11.5. The van der Waals surface area contributed by atoms with E-state index in [1.165, 1.54) is 18.3 Å². The standard InChI is InChI=1S/C10H5ClF3N3/c11-9-3-6(4-16-17-9)8-2-1-7(5-15-8)10(12,13)14/h1-5H. The fourth-order valence-electron chi connectivity index (χ4n) is 1.21. The molecular weight excluding hydrogens is 255 g/mol. The number of halogens is 4. The van der Waals surface area contributed by atoms with Crippen LogP contribution in [0.1, 0.15) is 5.56 Å². The van der Waals surface area contributed by atoms with E-state index in [4.69, 9.17) is 11.6 Å². The largest absolute Gasteiger partial charge is 0.417 e. The van der Waals surface area contributed by atoms with Gasteiger partial charge in [0.2, 0.25) is 0 Å². The van der Waals surface area contributed by atoms with E-state index in [1.807, 2.05) is 0 Å². The van der Waals surface area contributed by atoms with Gasteiger partial charge >= 0.3 is 6.18 Å². The number of hydrogen-bond donors (Lipinski definition) is 0. The van der Waals surface area contributed by atoms with Gasteiger partial charge in [-0.05, 0) is 18.2 Å². The van der Waals surface area contributed by atoms with Crippen molar-refractivity contribution in [2.45, 2.75) is 6.18 Å². The summed E-state index contributed by atoms with van der Waals surface area (Å²) >= 11 is 5.62. The van der Waals surface area contributed by atoms with Gasteiger partial charge < -0.3 is 0 Å². The molecule has 0 spiro atoms. The fourth-order valence-corrected chi connectivity index (χ4v) is 1.37. The predicted octanol–water partition coefficient (Wildman–Crippen LogP) is 3.21. The molecule has 0 saturated carbocycles. The molecule has 0 aromatic carbocycles. The molecule has 0 aliphatic heterocycles. The summed E-state index contributed by atoms with van der Waals surface area (Å²) in [5.74, 6) is 0. The minimum Gasteiger partial charge on any atom is -0.256 e. The summed E-state index contributed by atoms with van der Waals surface area (Å²) in [5.41, 5.74) is 0.0721. The topological polar surface area (TPSA) is 38.7 Å². The van der Waals surface area contributed by atoms with E-state index in [0.717, 1.165) is 12.3 Å². The lowest BCUT2D eigenvalue weighted by molar-refractivity contribution is -0.137. The SMILES string of the molecule is FC(F)(F)c1ccc(-c2cnnc(Cl)c2)nc1. The van der Waals surface area contributed by atoms with Crippen LogP contribution in [0.5, 0.6) is 0 Å². The predicted molar refractivity (Wildman–Crippen MR) is 55.3 cm³/mol. The van der Waals surface area contributed by atoms with Gasteiger partial charge in [0.05, 0.1) is 17.5 Å². The zero-order valence-electron chi connectivity index (χ0n) is 8.24. The Morgan fingerprint density at radius 1 is 1.12 bits per heavy atom. The van der Waals surface area contributed by atoms with Crippen LogP contribution in [0.25, 0.3) is 11.3 Å². The first-order chi connectivity index (χ1) is 7.97. The van der Waals surface area contributed by atoms with Crippen molar-refractivity contribution in [3.05, 3.63) is 41.3 Å². The summed E-state index contributed by atoms with van der Waals surface area (Å²) in [6.45, 7) is 0. The van der Waals surface area contributed by atoms with Crippen molar-refractivity contribution in [1.29, 1.82) is 0 Å². The van der Waals surface area contributed by atoms with E-state index in [-0.39, 0.29) is 5.15 Å². The molecule has 0 unspecified atom stereocenters. The molecule has 0 amide bonds. The molecule has 2 aromatic heterocycles. The van der Waals surface area contributed by atoms with E-state index < -0.39 is 11.7 Å². The lowest BCUT2D eigenvalue weighted by Crippen LogP contribution is -2.05. The van der Waals surface area contributed by atoms with Crippen molar-refractivity contribution in [3.63, 3.8) is 0 Å². The first-order valence-electron chi connectivity index (χ1n) is 4.48. The Kier molecular flexibility index (Phi) is 2.97. The molecule has 0 atom stereocenters. The molecule has 17 heavy (non-hydrogen) atoms. The quantitative estimate of drug-likeness (QED) is 0.789. The van der Waals surface area contributed by atoms with Crippen molar-refractivity contribution >= 4 is 11.6 Å². The van der Waals surface area contributed by atoms with Crippen molar-refractivity contribution in [1.82, 2.24) is 15.2 Å². The number of pyridine rings is 1. The van der Waals surface area contributed by atoms with Crippen LogP contribution in [-0.4, -0.2) is 15.2 Å². The molecule has 0 fully saturated rings. The summed E-state index contributed by atoms with van der Waals surface area (Å²) in [7, 11) is 0. The molecule has 2 rings (SSSR count). The third-order valence-corrected chi connectivity index (χ3v) is 2.20. The highest BCUT2D eigenvalue weighted by atomic mass is 35.5. The van der Waals surface area contributed by atoms with E-state index in [9.17, 15) is 13.2 Å². The van der Waals surface area contributed by atoms with Crippen LogP contribution in [0.15, 0.2) is 30.6 Å². The molecule has 0 N–H and O–H groups in total. The maximum Gasteiger partial charge on any atom is 0.417 e. The number of hydrogen-bond acceptors (Lipinski definition) is 3. The molecule has 0 aliphatic carbocycles. The van der Waals surface area contributed by atoms with Crippen molar-refractivity contribution < 1.29 is 13.2 Å². The lowest BCUT2D eigenvalue weighted by Gasteiger charge is -2.06. The average Bonchev–Trinajstić information content (AvgIpc) is 2.28. The van der Waals surface area contributed by atoms with Gasteiger partial charge in [-0.2, -0.15) is 18.3 Å². The molecule has 0 radical (unpaired) electrons. The molecule has 7 heteroatoms. The molecule has 3 nitrogen and oxygen atoms in total. The highest BCUT2D eigenvalue weighted by Gasteiger charge is 2.30. The summed E-state index contributed by atoms with van der Waals surface area (Å²) < 4.78 is 36.9. The number of aromatic nitrogens is 3. The Balaban J connectivity index is 2.36. The summed E-state index contributed by atoms with van der Waals surface area (Å²) in [6, 6.07) is 3.69. The Morgan fingerprint density at radius 2 is 1.88 bits per heavy atom. The molecule has 0 aliphatic rings. The zero-order valence-corrected chi connectivity index (χ0v) is 9.00. The van der Waals surface area contributed by atoms with Gasteiger partial charge in [0.1, 0.15) is 0 Å². The van der Waals surface area contributed by atoms with Crippen LogP contribution in [0, 0.1) is 0 Å². The summed E-state index contributed by atoms with van der Waals surface area (Å²) in [4.78, 5) is 3.71. The maximum absolute atomic E-state index is 12.3. The van der Waals surface area contributed by atoms with Crippen molar-refractivity contribution in [2.75, 3.05) is 0 Å². The average molecular weight is 260 g/mol. The third-order valence-electron chi connectivity index (χ3n) is 2.01. The minimum atomic E-state index is -4.39. The van der Waals surface area contributed by atoms with Gasteiger partial charge in [-0.15, -0.1) is 5.10 Å². The second-order valence-corrected chi connectivity index (χ2v) is 3.58. The van der Waals surface area contributed by atoms with Gasteiger partial charge in [0.25, 0.3) is 0 Å². The minimum absolute atomic E-state index is 0.157. The van der Waals surface area contributed by atoms with Gasteiger partial charge in [-0.25, -0.2) is 0 Å². The van der Waals surface area contributed by atoms with Gasteiger partial charge in [-0.1, -0.05) is 11.6 Å². The molecule has 88 valence electrons. The summed E-state index contributed by atoms with van der Waals surface area (Å²) in [6.07, 6.45) is -2.25. The van der Waals surface area contributed by atoms with Crippen LogP contribution in [-0.2, 0) is 6.18 Å². The van der Waals surface area contributed by atoms with E-state index in [0.29, 0.717) is 11.3 Å². The molecule has 2 heterocycles. The van der Waals surface area contributed by atoms with Crippen LogP contribution in [0.4, 0.5) is 13.2 Å². The third kappa shape index (κ3) is 2.71. The Bertz CT molecular complexity index is 525. The lowest BCUT2D eigenvalue weighted by atomic mass is 10.2. The van der Waals surface area contributed by atoms with Crippen LogP contribution in [0.3, 0.4) is 0 Å². The van der Waals surface area contributed by atoms with Crippen LogP contribution in [0.2, 0.25) is 5.15 Å². The molecule has 0 bridgehead atoms. The van der Waals surface area contributed by atoms with Gasteiger partial charge in [0.15, 0.2) is 5.15 Å². The maximum atomic E-state index is 12.3. The second-order valence-electron chi connectivity index (χ2n) is 3.20. The van der Waals surface area contributed by atoms with E-state index in [2.05, 4.69) is 15.2 Å². The van der Waals surface area contributed by atoms with Crippen molar-refractivity contribution in [2.24, 2.45) is 0 Å². The first-order valence-corrected chi connectivity index (χ1v) is 4.86. The Labute approximate surface area is 99.3 Å². The van der Waals surface area contributed by atoms with Gasteiger partial charge in [0, 0.05) is 11.8 Å². The first kappa shape index (κ1) is 11.8. The number of alkyl halides is 3. The number of rotatable bonds is 1. The monoisotopic (exact) mass is 259 g/mol. The van der Waals surface area contributed by atoms with E-state index >= 15 is 0 Å². The van der Waals surface area contributed by atoms with Crippen LogP contribution >= 0.6 is 11.6 Å². The Hall–Kier alpha value is -1.69. The van der Waals surface area contributed by atoms with Crippen LogP contribution < -0.4 is 0 Å². The number of nitrogens with zero attached hydrogens (tertiary/aromatic N) is 3. The van der Waals surface area contributed by atoms with E-state index in [1.54, 1.807) is 0 Å². The van der Waals surface area contributed by atoms with Crippen molar-refractivity contribution in [3.8, 4) is 11.3 Å². The fraction of sp³-hybridized carbons (Fsp3) is 0.100. The highest BCUT2D eigenvalue weighted by molar-refractivity contribution is 6.29. The molecule has 2 aromatic rings. The molecular formula is C10H5ClF3N3. The molecule has 0 saturated heterocycles. The van der Waals surface area contributed by atoms with Gasteiger partial charge in [-0.3, -0.25) is 4.98 Å². The Morgan fingerprint density at radius 3 is 2.41 bits per heavy atom. The second kappa shape index (κ2) is 4.29. The smallest absolute Gasteiger partial charge is 0.256 e. The zero-order chi connectivity index (χ0) is 12.5.